The molecule has 12 nitrogen and oxygen atoms in total. The first-order valence-electron chi connectivity index (χ1n) is 11.3. The fourth-order valence-corrected chi connectivity index (χ4v) is 3.61. The van der Waals surface area contributed by atoms with Crippen molar-refractivity contribution in [3.8, 4) is 11.5 Å². The van der Waals surface area contributed by atoms with E-state index in [9.17, 15) is 24.5 Å². The molecule has 3 aromatic carbocycles. The molecule has 1 atom stereocenters. The van der Waals surface area contributed by atoms with Gasteiger partial charge in [0.1, 0.15) is 6.04 Å². The summed E-state index contributed by atoms with van der Waals surface area (Å²) in [5.41, 5.74) is 3.22. The van der Waals surface area contributed by atoms with E-state index in [0.717, 1.165) is 0 Å². The molecule has 0 bridgehead atoms. The Balaban J connectivity index is 1.48. The highest BCUT2D eigenvalue weighted by molar-refractivity contribution is 6.00. The highest BCUT2D eigenvalue weighted by atomic mass is 16.7. The van der Waals surface area contributed by atoms with Crippen LogP contribution >= 0.6 is 0 Å². The molecule has 0 fully saturated rings. The van der Waals surface area contributed by atoms with Crippen LogP contribution in [0.1, 0.15) is 21.5 Å². The third-order valence-corrected chi connectivity index (χ3v) is 5.56. The molecule has 0 spiro atoms. The van der Waals surface area contributed by atoms with E-state index in [1.807, 2.05) is 0 Å². The van der Waals surface area contributed by atoms with Crippen molar-refractivity contribution in [3.63, 3.8) is 0 Å². The van der Waals surface area contributed by atoms with Crippen molar-refractivity contribution >= 4 is 35.2 Å². The molecule has 0 unspecified atom stereocenters. The summed E-state index contributed by atoms with van der Waals surface area (Å²) in [6, 6.07) is 15.5. The number of non-ortho nitro benzene ring substituents is 1. The minimum Gasteiger partial charge on any atom is -0.454 e. The van der Waals surface area contributed by atoms with Gasteiger partial charge in [-0.3, -0.25) is 29.7 Å². The summed E-state index contributed by atoms with van der Waals surface area (Å²) < 4.78 is 10.6. The van der Waals surface area contributed by atoms with Gasteiger partial charge < -0.3 is 20.1 Å². The number of ether oxygens (including phenoxy) is 2. The molecule has 3 amide bonds. The van der Waals surface area contributed by atoms with Gasteiger partial charge in [0.15, 0.2) is 11.5 Å². The van der Waals surface area contributed by atoms with E-state index in [-0.39, 0.29) is 24.5 Å². The lowest BCUT2D eigenvalue weighted by Gasteiger charge is -2.18. The zero-order valence-corrected chi connectivity index (χ0v) is 19.7. The molecule has 1 aliphatic rings. The van der Waals surface area contributed by atoms with Crippen LogP contribution in [-0.4, -0.2) is 40.7 Å². The van der Waals surface area contributed by atoms with E-state index in [1.165, 1.54) is 60.1 Å². The average Bonchev–Trinajstić information content (AvgIpc) is 3.40. The smallest absolute Gasteiger partial charge is 0.274 e. The minimum absolute atomic E-state index is 0.0540. The Hall–Kier alpha value is -5.23. The van der Waals surface area contributed by atoms with Crippen LogP contribution < -0.4 is 25.6 Å². The zero-order valence-electron chi connectivity index (χ0n) is 19.7. The van der Waals surface area contributed by atoms with Crippen LogP contribution in [0.5, 0.6) is 11.5 Å². The number of amides is 3. The van der Waals surface area contributed by atoms with Crippen molar-refractivity contribution in [3.05, 3.63) is 99.6 Å². The van der Waals surface area contributed by atoms with E-state index in [4.69, 9.17) is 14.7 Å². The molecule has 0 aliphatic carbocycles. The lowest BCUT2D eigenvalue weighted by atomic mass is 10.0. The third kappa shape index (κ3) is 6.50. The minimum atomic E-state index is -1.04. The van der Waals surface area contributed by atoms with Crippen molar-refractivity contribution in [2.75, 3.05) is 12.1 Å². The van der Waals surface area contributed by atoms with E-state index in [0.29, 0.717) is 28.3 Å². The molecule has 12 heteroatoms. The van der Waals surface area contributed by atoms with Gasteiger partial charge in [-0.2, -0.15) is 0 Å². The number of nitrogens with one attached hydrogen (secondary N) is 3. The monoisotopic (exact) mass is 518 g/mol. The van der Waals surface area contributed by atoms with Gasteiger partial charge in [-0.05, 0) is 53.6 Å². The highest BCUT2D eigenvalue weighted by Gasteiger charge is 2.22. The number of fused-ring (bicyclic) bond motifs is 1. The number of benzene rings is 3. The molecule has 1 heterocycles. The van der Waals surface area contributed by atoms with Gasteiger partial charge in [0.2, 0.25) is 18.6 Å². The SMILES string of the molecule is O=C(/C=C/c1ccc2c(c1)OCO2)N[C@@H](Cc1ccc([N+](=O)[O-])cc1)C(=O)Nc1ccc(C(=O)NO)cc1. The number of nitrogens with zero attached hydrogens (tertiary/aromatic N) is 1. The van der Waals surface area contributed by atoms with Crippen LogP contribution in [0.25, 0.3) is 6.08 Å². The Bertz CT molecular complexity index is 1390. The predicted molar refractivity (Wildman–Crippen MR) is 135 cm³/mol. The molecule has 0 saturated heterocycles. The molecular weight excluding hydrogens is 496 g/mol. The number of hydrogen-bond donors (Lipinski definition) is 4. The standard InChI is InChI=1S/C26H22N4O8/c31-24(12-4-17-3-11-22-23(14-17)38-15-37-22)28-21(13-16-1-9-20(10-2-16)30(35)36)26(33)27-19-7-5-18(6-8-19)25(32)29-34/h1-12,14,21,34H,13,15H2,(H,27,33)(H,28,31)(H,29,32)/b12-4+/t21-/m0/s1. The van der Waals surface area contributed by atoms with Crippen molar-refractivity contribution in [1.82, 2.24) is 10.8 Å². The molecule has 194 valence electrons. The largest absolute Gasteiger partial charge is 0.454 e. The van der Waals surface area contributed by atoms with Crippen molar-refractivity contribution in [1.29, 1.82) is 0 Å². The number of carbonyl (C=O) groups is 3. The number of rotatable bonds is 9. The summed E-state index contributed by atoms with van der Waals surface area (Å²) in [4.78, 5) is 47.7. The first-order valence-corrected chi connectivity index (χ1v) is 11.3. The Morgan fingerprint density at radius 1 is 1.00 bits per heavy atom. The normalized spacial score (nSPS) is 12.6. The second-order valence-electron chi connectivity index (χ2n) is 8.14. The Kier molecular flexibility index (Phi) is 7.94. The van der Waals surface area contributed by atoms with E-state index >= 15 is 0 Å². The Labute approximate surface area is 216 Å². The first kappa shape index (κ1) is 25.9. The quantitative estimate of drug-likeness (QED) is 0.145. The maximum atomic E-state index is 13.1. The molecule has 0 saturated carbocycles. The fourth-order valence-electron chi connectivity index (χ4n) is 3.61. The molecular formula is C26H22N4O8. The third-order valence-electron chi connectivity index (χ3n) is 5.56. The summed E-state index contributed by atoms with van der Waals surface area (Å²) in [5, 5.41) is 25.0. The number of hydroxylamine groups is 1. The van der Waals surface area contributed by atoms with Gasteiger partial charge in [-0.25, -0.2) is 5.48 Å². The predicted octanol–water partition coefficient (Wildman–Crippen LogP) is 2.82. The zero-order chi connectivity index (χ0) is 27.1. The van der Waals surface area contributed by atoms with Crippen molar-refractivity contribution in [2.45, 2.75) is 12.5 Å². The number of carbonyl (C=O) groups excluding carboxylic acids is 3. The average molecular weight is 518 g/mol. The molecule has 0 aromatic heterocycles. The first-order chi connectivity index (χ1) is 18.3. The fraction of sp³-hybridized carbons (Fsp3) is 0.115. The van der Waals surface area contributed by atoms with Gasteiger partial charge >= 0.3 is 0 Å². The topological polar surface area (TPSA) is 169 Å². The molecule has 0 radical (unpaired) electrons. The summed E-state index contributed by atoms with van der Waals surface area (Å²) in [6.07, 6.45) is 2.89. The summed E-state index contributed by atoms with van der Waals surface area (Å²) in [6.45, 7) is 0.125. The number of anilines is 1. The van der Waals surface area contributed by atoms with Crippen molar-refractivity contribution < 1.29 is 34.0 Å². The van der Waals surface area contributed by atoms with Crippen LogP contribution in [0.3, 0.4) is 0 Å². The summed E-state index contributed by atoms with van der Waals surface area (Å²) >= 11 is 0. The molecule has 4 rings (SSSR count). The van der Waals surface area contributed by atoms with Gasteiger partial charge in [-0.15, -0.1) is 0 Å². The number of nitro groups is 1. The van der Waals surface area contributed by atoms with Gasteiger partial charge in [0.25, 0.3) is 11.6 Å². The lowest BCUT2D eigenvalue weighted by Crippen LogP contribution is -2.44. The second kappa shape index (κ2) is 11.7. The Morgan fingerprint density at radius 3 is 2.39 bits per heavy atom. The lowest BCUT2D eigenvalue weighted by molar-refractivity contribution is -0.384. The van der Waals surface area contributed by atoms with Gasteiger partial charge in [-0.1, -0.05) is 18.2 Å². The van der Waals surface area contributed by atoms with Crippen LogP contribution in [0.4, 0.5) is 11.4 Å². The van der Waals surface area contributed by atoms with E-state index in [2.05, 4.69) is 10.6 Å². The van der Waals surface area contributed by atoms with Crippen LogP contribution in [0.2, 0.25) is 0 Å². The second-order valence-corrected chi connectivity index (χ2v) is 8.14. The van der Waals surface area contributed by atoms with E-state index < -0.39 is 28.7 Å². The Morgan fingerprint density at radius 2 is 1.71 bits per heavy atom. The maximum Gasteiger partial charge on any atom is 0.274 e. The summed E-state index contributed by atoms with van der Waals surface area (Å²) in [7, 11) is 0. The van der Waals surface area contributed by atoms with Crippen molar-refractivity contribution in [2.24, 2.45) is 0 Å². The molecule has 4 N–H and O–H groups in total. The summed E-state index contributed by atoms with van der Waals surface area (Å²) in [5.74, 6) is -0.630. The van der Waals surface area contributed by atoms with Crippen LogP contribution in [0, 0.1) is 10.1 Å². The van der Waals surface area contributed by atoms with Crippen LogP contribution in [0.15, 0.2) is 72.8 Å². The number of hydrogen-bond acceptors (Lipinski definition) is 8. The molecule has 1 aliphatic heterocycles. The molecule has 38 heavy (non-hydrogen) atoms. The van der Waals surface area contributed by atoms with Gasteiger partial charge in [0, 0.05) is 35.9 Å². The maximum absolute atomic E-state index is 13.1. The van der Waals surface area contributed by atoms with Crippen LogP contribution in [-0.2, 0) is 16.0 Å². The number of nitro benzene ring substituents is 1. The highest BCUT2D eigenvalue weighted by Crippen LogP contribution is 2.32. The molecule has 3 aromatic rings. The van der Waals surface area contributed by atoms with Gasteiger partial charge in [0.05, 0.1) is 4.92 Å². The van der Waals surface area contributed by atoms with E-state index in [1.54, 1.807) is 24.3 Å².